The van der Waals surface area contributed by atoms with Crippen molar-refractivity contribution in [1.29, 1.82) is 0 Å². The second kappa shape index (κ2) is 6.43. The Kier molecular flexibility index (Phi) is 4.60. The minimum Gasteiger partial charge on any atom is -0.465 e. The number of methoxy groups -OCH3 is 1. The van der Waals surface area contributed by atoms with Crippen LogP contribution in [0.15, 0.2) is 53.5 Å². The summed E-state index contributed by atoms with van der Waals surface area (Å²) in [6, 6.07) is 11.1. The third-order valence-electron chi connectivity index (χ3n) is 2.91. The van der Waals surface area contributed by atoms with E-state index in [-0.39, 0.29) is 0 Å². The third kappa shape index (κ3) is 3.72. The molecule has 0 saturated heterocycles. The van der Waals surface area contributed by atoms with Crippen LogP contribution in [0.4, 0.5) is 18.9 Å². The van der Waals surface area contributed by atoms with Gasteiger partial charge in [-0.05, 0) is 30.3 Å². The van der Waals surface area contributed by atoms with Crippen molar-refractivity contribution in [3.63, 3.8) is 0 Å². The molecular formula is C16H12F3NO2. The van der Waals surface area contributed by atoms with Gasteiger partial charge in [0, 0.05) is 11.8 Å². The lowest BCUT2D eigenvalue weighted by Crippen LogP contribution is -2.05. The maximum atomic E-state index is 12.5. The zero-order valence-corrected chi connectivity index (χ0v) is 11.6. The van der Waals surface area contributed by atoms with Crippen LogP contribution in [0, 0.1) is 0 Å². The summed E-state index contributed by atoms with van der Waals surface area (Å²) >= 11 is 0. The Hall–Kier alpha value is -2.63. The normalized spacial score (nSPS) is 11.6. The molecule has 0 aliphatic carbocycles. The van der Waals surface area contributed by atoms with Gasteiger partial charge in [-0.2, -0.15) is 13.2 Å². The molecule has 0 atom stereocenters. The second-order valence-electron chi connectivity index (χ2n) is 4.38. The number of hydrogen-bond acceptors (Lipinski definition) is 3. The van der Waals surface area contributed by atoms with Crippen LogP contribution in [0.5, 0.6) is 0 Å². The molecule has 0 spiro atoms. The van der Waals surface area contributed by atoms with Crippen LogP contribution in [0.25, 0.3) is 0 Å². The molecule has 0 aromatic heterocycles. The maximum absolute atomic E-state index is 12.5. The van der Waals surface area contributed by atoms with Gasteiger partial charge in [-0.3, -0.25) is 4.99 Å². The smallest absolute Gasteiger partial charge is 0.416 e. The van der Waals surface area contributed by atoms with Crippen LogP contribution in [-0.4, -0.2) is 19.3 Å². The number of hydrogen-bond donors (Lipinski definition) is 0. The first-order valence-electron chi connectivity index (χ1n) is 6.30. The summed E-state index contributed by atoms with van der Waals surface area (Å²) in [6.07, 6.45) is -2.96. The number of carbonyl (C=O) groups excluding carboxylic acids is 1. The first kappa shape index (κ1) is 15.8. The summed E-state index contributed by atoms with van der Waals surface area (Å²) in [6.45, 7) is 0. The van der Waals surface area contributed by atoms with Crippen molar-refractivity contribution < 1.29 is 22.7 Å². The number of esters is 1. The number of benzene rings is 2. The molecule has 2 rings (SSSR count). The number of alkyl halides is 3. The fourth-order valence-electron chi connectivity index (χ4n) is 1.79. The molecule has 0 saturated carbocycles. The molecule has 114 valence electrons. The highest BCUT2D eigenvalue weighted by molar-refractivity contribution is 5.99. The Bertz CT molecular complexity index is 691. The van der Waals surface area contributed by atoms with Crippen molar-refractivity contribution in [3.8, 4) is 0 Å². The molecule has 2 aromatic carbocycles. The van der Waals surface area contributed by atoms with E-state index >= 15 is 0 Å². The van der Waals surface area contributed by atoms with Gasteiger partial charge in [0.05, 0.1) is 23.9 Å². The van der Waals surface area contributed by atoms with Crippen molar-refractivity contribution in [3.05, 3.63) is 65.2 Å². The van der Waals surface area contributed by atoms with E-state index in [0.29, 0.717) is 16.8 Å². The lowest BCUT2D eigenvalue weighted by molar-refractivity contribution is -0.137. The zero-order valence-electron chi connectivity index (χ0n) is 11.6. The van der Waals surface area contributed by atoms with Crippen LogP contribution in [-0.2, 0) is 10.9 Å². The van der Waals surface area contributed by atoms with Crippen LogP contribution >= 0.6 is 0 Å². The molecule has 6 heteroatoms. The average molecular weight is 307 g/mol. The first-order chi connectivity index (χ1) is 10.4. The van der Waals surface area contributed by atoms with Gasteiger partial charge in [0.1, 0.15) is 0 Å². The van der Waals surface area contributed by atoms with Gasteiger partial charge in [0.25, 0.3) is 0 Å². The van der Waals surface area contributed by atoms with Gasteiger partial charge in [0.15, 0.2) is 0 Å². The van der Waals surface area contributed by atoms with E-state index in [4.69, 9.17) is 0 Å². The molecule has 2 aromatic rings. The van der Waals surface area contributed by atoms with Crippen LogP contribution in [0.1, 0.15) is 21.5 Å². The topological polar surface area (TPSA) is 38.7 Å². The lowest BCUT2D eigenvalue weighted by atomic mass is 10.1. The van der Waals surface area contributed by atoms with Gasteiger partial charge in [-0.25, -0.2) is 4.79 Å². The Balaban J connectivity index is 2.24. The van der Waals surface area contributed by atoms with Crippen molar-refractivity contribution in [2.45, 2.75) is 6.18 Å². The average Bonchev–Trinajstić information content (AvgIpc) is 2.52. The Morgan fingerprint density at radius 1 is 1.09 bits per heavy atom. The molecule has 0 fully saturated rings. The van der Waals surface area contributed by atoms with E-state index in [1.54, 1.807) is 24.3 Å². The molecule has 0 amide bonds. The number of carbonyl (C=O) groups is 1. The molecule has 0 aliphatic rings. The van der Waals surface area contributed by atoms with E-state index in [9.17, 15) is 18.0 Å². The van der Waals surface area contributed by atoms with Gasteiger partial charge >= 0.3 is 12.1 Å². The molecule has 22 heavy (non-hydrogen) atoms. The predicted molar refractivity (Wildman–Crippen MR) is 76.5 cm³/mol. The molecule has 3 nitrogen and oxygen atoms in total. The molecule has 0 bridgehead atoms. The molecular weight excluding hydrogens is 295 g/mol. The van der Waals surface area contributed by atoms with E-state index in [0.717, 1.165) is 12.1 Å². The molecule has 0 unspecified atom stereocenters. The third-order valence-corrected chi connectivity index (χ3v) is 2.91. The minimum atomic E-state index is -4.38. The summed E-state index contributed by atoms with van der Waals surface area (Å²) in [5, 5.41) is 0. The van der Waals surface area contributed by atoms with E-state index in [2.05, 4.69) is 9.73 Å². The summed E-state index contributed by atoms with van der Waals surface area (Å²) in [5.41, 5.74) is 0.476. The monoisotopic (exact) mass is 307 g/mol. The van der Waals surface area contributed by atoms with Crippen LogP contribution in [0.2, 0.25) is 0 Å². The summed E-state index contributed by atoms with van der Waals surface area (Å²) in [4.78, 5) is 15.7. The first-order valence-corrected chi connectivity index (χ1v) is 6.30. The zero-order chi connectivity index (χ0) is 16.2. The highest BCUT2D eigenvalue weighted by Gasteiger charge is 2.29. The van der Waals surface area contributed by atoms with Gasteiger partial charge in [-0.15, -0.1) is 0 Å². The number of aliphatic imine (C=N–C) groups is 1. The van der Waals surface area contributed by atoms with Gasteiger partial charge in [0.2, 0.25) is 0 Å². The number of ether oxygens (including phenoxy) is 1. The Morgan fingerprint density at radius 3 is 2.32 bits per heavy atom. The highest BCUT2D eigenvalue weighted by Crippen LogP contribution is 2.30. The Morgan fingerprint density at radius 2 is 1.73 bits per heavy atom. The van der Waals surface area contributed by atoms with E-state index in [1.165, 1.54) is 25.5 Å². The Labute approximate surface area is 125 Å². The standard InChI is InChI=1S/C16H12F3NO2/c1-22-15(21)14-5-3-2-4-11(14)10-20-13-8-6-12(7-9-13)16(17,18)19/h2-10H,1H3. The summed E-state index contributed by atoms with van der Waals surface area (Å²) in [7, 11) is 1.27. The highest BCUT2D eigenvalue weighted by atomic mass is 19.4. The van der Waals surface area contributed by atoms with Crippen molar-refractivity contribution in [1.82, 2.24) is 0 Å². The van der Waals surface area contributed by atoms with Gasteiger partial charge < -0.3 is 4.74 Å². The van der Waals surface area contributed by atoms with E-state index < -0.39 is 17.7 Å². The SMILES string of the molecule is COC(=O)c1ccccc1C=Nc1ccc(C(F)(F)F)cc1. The fourth-order valence-corrected chi connectivity index (χ4v) is 1.79. The van der Waals surface area contributed by atoms with Crippen molar-refractivity contribution >= 4 is 17.9 Å². The largest absolute Gasteiger partial charge is 0.465 e. The van der Waals surface area contributed by atoms with E-state index in [1.807, 2.05) is 0 Å². The molecule has 0 N–H and O–H groups in total. The quantitative estimate of drug-likeness (QED) is 0.628. The number of rotatable bonds is 3. The number of halogens is 3. The number of nitrogens with zero attached hydrogens (tertiary/aromatic N) is 1. The molecule has 0 radical (unpaired) electrons. The van der Waals surface area contributed by atoms with Crippen LogP contribution in [0.3, 0.4) is 0 Å². The minimum absolute atomic E-state index is 0.334. The summed E-state index contributed by atoms with van der Waals surface area (Å²) in [5.74, 6) is -0.505. The predicted octanol–water partition coefficient (Wildman–Crippen LogP) is 4.24. The molecule has 0 aliphatic heterocycles. The maximum Gasteiger partial charge on any atom is 0.416 e. The van der Waals surface area contributed by atoms with Crippen molar-refractivity contribution in [2.24, 2.45) is 4.99 Å². The fraction of sp³-hybridized carbons (Fsp3) is 0.125. The second-order valence-corrected chi connectivity index (χ2v) is 4.38. The molecule has 0 heterocycles. The van der Waals surface area contributed by atoms with Crippen LogP contribution < -0.4 is 0 Å². The lowest BCUT2D eigenvalue weighted by Gasteiger charge is -2.06. The van der Waals surface area contributed by atoms with Gasteiger partial charge in [-0.1, -0.05) is 18.2 Å². The summed E-state index contributed by atoms with van der Waals surface area (Å²) < 4.78 is 42.0. The van der Waals surface area contributed by atoms with Crippen molar-refractivity contribution in [2.75, 3.05) is 7.11 Å².